The lowest BCUT2D eigenvalue weighted by atomic mass is 9.89. The molecule has 2 heterocycles. The van der Waals surface area contributed by atoms with Crippen molar-refractivity contribution < 1.29 is 9.59 Å². The van der Waals surface area contributed by atoms with Crippen LogP contribution in [0.15, 0.2) is 0 Å². The summed E-state index contributed by atoms with van der Waals surface area (Å²) in [5, 5.41) is 0. The Bertz CT molecular complexity index is 445. The maximum atomic E-state index is 12.9. The summed E-state index contributed by atoms with van der Waals surface area (Å²) in [6.07, 6.45) is 7.56. The van der Waals surface area contributed by atoms with Gasteiger partial charge in [0.15, 0.2) is 0 Å². The first-order valence-corrected chi connectivity index (χ1v) is 9.64. The molecule has 0 N–H and O–H groups in total. The number of hydrogen-bond donors (Lipinski definition) is 0. The molecule has 2 unspecified atom stereocenters. The zero-order valence-electron chi connectivity index (χ0n) is 14.8. The van der Waals surface area contributed by atoms with E-state index < -0.39 is 0 Å². The first-order valence-electron chi connectivity index (χ1n) is 9.64. The van der Waals surface area contributed by atoms with Gasteiger partial charge in [0.25, 0.3) is 0 Å². The third-order valence-corrected chi connectivity index (χ3v) is 6.04. The highest BCUT2D eigenvalue weighted by Crippen LogP contribution is 2.33. The fraction of sp³-hybridized carbons (Fsp3) is 0.895. The van der Waals surface area contributed by atoms with Gasteiger partial charge in [0.1, 0.15) is 0 Å². The molecule has 2 aliphatic heterocycles. The van der Waals surface area contributed by atoms with E-state index in [9.17, 15) is 9.59 Å². The minimum absolute atomic E-state index is 0.0436. The average Bonchev–Trinajstić information content (AvgIpc) is 3.39. The Hall–Kier alpha value is -1.06. The summed E-state index contributed by atoms with van der Waals surface area (Å²) in [5.74, 6) is 2.40. The number of piperidine rings is 1. The fourth-order valence-corrected chi connectivity index (χ4v) is 4.23. The Morgan fingerprint density at radius 1 is 0.783 bits per heavy atom. The molecule has 3 rings (SSSR count). The van der Waals surface area contributed by atoms with Crippen LogP contribution >= 0.6 is 0 Å². The number of amides is 2. The predicted octanol–water partition coefficient (Wildman–Crippen LogP) is 2.92. The molecule has 23 heavy (non-hydrogen) atoms. The molecule has 4 nitrogen and oxygen atoms in total. The molecule has 1 saturated carbocycles. The third kappa shape index (κ3) is 4.07. The van der Waals surface area contributed by atoms with Crippen LogP contribution in [-0.2, 0) is 9.59 Å². The summed E-state index contributed by atoms with van der Waals surface area (Å²) in [6, 6.07) is 0. The number of carbonyl (C=O) groups excluding carboxylic acids is 2. The second-order valence-corrected chi connectivity index (χ2v) is 8.16. The van der Waals surface area contributed by atoms with Gasteiger partial charge >= 0.3 is 0 Å². The first kappa shape index (κ1) is 16.8. The van der Waals surface area contributed by atoms with Crippen molar-refractivity contribution in [3.05, 3.63) is 0 Å². The molecule has 0 aromatic carbocycles. The van der Waals surface area contributed by atoms with Gasteiger partial charge in [0, 0.05) is 32.1 Å². The summed E-state index contributed by atoms with van der Waals surface area (Å²) in [7, 11) is 0. The van der Waals surface area contributed by atoms with Crippen LogP contribution in [0, 0.1) is 23.7 Å². The largest absolute Gasteiger partial charge is 0.342 e. The molecule has 2 atom stereocenters. The molecule has 1 aliphatic carbocycles. The monoisotopic (exact) mass is 320 g/mol. The molecular formula is C19H32N2O2. The van der Waals surface area contributed by atoms with Crippen LogP contribution in [-0.4, -0.2) is 47.8 Å². The Balaban J connectivity index is 1.55. The maximum absolute atomic E-state index is 12.9. The summed E-state index contributed by atoms with van der Waals surface area (Å²) >= 11 is 0. The highest BCUT2D eigenvalue weighted by Gasteiger charge is 2.37. The second kappa shape index (κ2) is 7.23. The Morgan fingerprint density at radius 2 is 1.43 bits per heavy atom. The molecule has 0 radical (unpaired) electrons. The normalized spacial score (nSPS) is 29.5. The molecule has 0 spiro atoms. The number of nitrogens with zero attached hydrogens (tertiary/aromatic N) is 2. The van der Waals surface area contributed by atoms with Gasteiger partial charge in [-0.2, -0.15) is 0 Å². The number of hydrogen-bond acceptors (Lipinski definition) is 2. The van der Waals surface area contributed by atoms with E-state index >= 15 is 0 Å². The topological polar surface area (TPSA) is 40.6 Å². The van der Waals surface area contributed by atoms with Gasteiger partial charge in [-0.15, -0.1) is 0 Å². The van der Waals surface area contributed by atoms with Crippen LogP contribution in [0.1, 0.15) is 58.8 Å². The van der Waals surface area contributed by atoms with E-state index in [-0.39, 0.29) is 11.8 Å². The second-order valence-electron chi connectivity index (χ2n) is 8.16. The van der Waals surface area contributed by atoms with Gasteiger partial charge in [-0.05, 0) is 56.8 Å². The lowest BCUT2D eigenvalue weighted by molar-refractivity contribution is -0.141. The van der Waals surface area contributed by atoms with Crippen molar-refractivity contribution in [3.8, 4) is 0 Å². The SMILES string of the molecule is CC(C)C1CCCN(C(=O)C2CCCN(C(=O)C3CC3)C2)CC1. The van der Waals surface area contributed by atoms with Crippen LogP contribution < -0.4 is 0 Å². The molecule has 2 amide bonds. The summed E-state index contributed by atoms with van der Waals surface area (Å²) in [6.45, 7) is 7.94. The Labute approximate surface area is 140 Å². The van der Waals surface area contributed by atoms with Crippen LogP contribution in [0.2, 0.25) is 0 Å². The molecule has 130 valence electrons. The highest BCUT2D eigenvalue weighted by atomic mass is 16.2. The van der Waals surface area contributed by atoms with Crippen molar-refractivity contribution in [3.63, 3.8) is 0 Å². The predicted molar refractivity (Wildman–Crippen MR) is 90.8 cm³/mol. The zero-order chi connectivity index (χ0) is 16.4. The third-order valence-electron chi connectivity index (χ3n) is 6.04. The molecule has 0 aromatic rings. The first-order chi connectivity index (χ1) is 11.1. The molecule has 0 aromatic heterocycles. The summed E-state index contributed by atoms with van der Waals surface area (Å²) < 4.78 is 0. The van der Waals surface area contributed by atoms with Crippen LogP contribution in [0.5, 0.6) is 0 Å². The molecule has 0 bridgehead atoms. The minimum atomic E-state index is 0.0436. The molecule has 3 fully saturated rings. The average molecular weight is 320 g/mol. The van der Waals surface area contributed by atoms with Crippen molar-refractivity contribution in [1.82, 2.24) is 9.80 Å². The highest BCUT2D eigenvalue weighted by molar-refractivity contribution is 5.83. The van der Waals surface area contributed by atoms with Crippen molar-refractivity contribution >= 4 is 11.8 Å². The van der Waals surface area contributed by atoms with Crippen molar-refractivity contribution in [2.75, 3.05) is 26.2 Å². The van der Waals surface area contributed by atoms with Crippen molar-refractivity contribution in [2.24, 2.45) is 23.7 Å². The van der Waals surface area contributed by atoms with Crippen LogP contribution in [0.25, 0.3) is 0 Å². The van der Waals surface area contributed by atoms with E-state index in [1.807, 2.05) is 4.90 Å². The smallest absolute Gasteiger partial charge is 0.227 e. The minimum Gasteiger partial charge on any atom is -0.342 e. The van der Waals surface area contributed by atoms with Gasteiger partial charge in [-0.3, -0.25) is 9.59 Å². The van der Waals surface area contributed by atoms with E-state index in [0.29, 0.717) is 24.3 Å². The zero-order valence-corrected chi connectivity index (χ0v) is 14.8. The number of likely N-dealkylation sites (tertiary alicyclic amines) is 2. The quantitative estimate of drug-likeness (QED) is 0.802. The van der Waals surface area contributed by atoms with Crippen molar-refractivity contribution in [2.45, 2.75) is 58.8 Å². The maximum Gasteiger partial charge on any atom is 0.227 e. The molecule has 2 saturated heterocycles. The van der Waals surface area contributed by atoms with E-state index in [1.54, 1.807) is 0 Å². The molecular weight excluding hydrogens is 288 g/mol. The van der Waals surface area contributed by atoms with E-state index in [4.69, 9.17) is 0 Å². The summed E-state index contributed by atoms with van der Waals surface area (Å²) in [4.78, 5) is 29.3. The Kier molecular flexibility index (Phi) is 5.27. The van der Waals surface area contributed by atoms with E-state index in [0.717, 1.165) is 64.1 Å². The van der Waals surface area contributed by atoms with Gasteiger partial charge in [-0.25, -0.2) is 0 Å². The standard InChI is InChI=1S/C19H32N2O2/c1-14(2)15-5-3-10-20(12-9-15)19(23)17-6-4-11-21(13-17)18(22)16-7-8-16/h14-17H,3-13H2,1-2H3. The molecule has 4 heteroatoms. The number of rotatable bonds is 3. The van der Waals surface area contributed by atoms with E-state index in [1.165, 1.54) is 6.42 Å². The van der Waals surface area contributed by atoms with Gasteiger partial charge in [0.05, 0.1) is 5.92 Å². The molecule has 3 aliphatic rings. The lowest BCUT2D eigenvalue weighted by Gasteiger charge is -2.35. The van der Waals surface area contributed by atoms with Crippen molar-refractivity contribution in [1.29, 1.82) is 0 Å². The Morgan fingerprint density at radius 3 is 2.13 bits per heavy atom. The van der Waals surface area contributed by atoms with E-state index in [2.05, 4.69) is 18.7 Å². The number of carbonyl (C=O) groups is 2. The van der Waals surface area contributed by atoms with Crippen LogP contribution in [0.4, 0.5) is 0 Å². The fourth-order valence-electron chi connectivity index (χ4n) is 4.23. The summed E-state index contributed by atoms with van der Waals surface area (Å²) in [5.41, 5.74) is 0. The van der Waals surface area contributed by atoms with Gasteiger partial charge < -0.3 is 9.80 Å². The van der Waals surface area contributed by atoms with Gasteiger partial charge in [-0.1, -0.05) is 13.8 Å². The van der Waals surface area contributed by atoms with Crippen LogP contribution in [0.3, 0.4) is 0 Å². The lowest BCUT2D eigenvalue weighted by Crippen LogP contribution is -2.47. The van der Waals surface area contributed by atoms with Gasteiger partial charge in [0.2, 0.25) is 11.8 Å².